The van der Waals surface area contributed by atoms with Gasteiger partial charge in [0, 0.05) is 22.0 Å². The molecule has 0 aromatic heterocycles. The molecular formula is C13H17Cl2N. The number of hydrogen-bond acceptors (Lipinski definition) is 1. The van der Waals surface area contributed by atoms with Gasteiger partial charge in [-0.25, -0.2) is 0 Å². The Morgan fingerprint density at radius 3 is 2.69 bits per heavy atom. The molecule has 88 valence electrons. The number of benzene rings is 1. The number of rotatable bonds is 4. The Hall–Kier alpha value is -0.240. The fourth-order valence-electron chi connectivity index (χ4n) is 2.25. The normalized spacial score (nSPS) is 24.2. The molecule has 2 rings (SSSR count). The Labute approximate surface area is 107 Å². The van der Waals surface area contributed by atoms with Crippen molar-refractivity contribution in [2.75, 3.05) is 6.54 Å². The highest BCUT2D eigenvalue weighted by Gasteiger charge is 2.32. The van der Waals surface area contributed by atoms with Gasteiger partial charge in [0.2, 0.25) is 0 Å². The molecular weight excluding hydrogens is 241 g/mol. The lowest BCUT2D eigenvalue weighted by molar-refractivity contribution is 0.285. The zero-order valence-electron chi connectivity index (χ0n) is 9.47. The van der Waals surface area contributed by atoms with Crippen LogP contribution in [0, 0.1) is 0 Å². The van der Waals surface area contributed by atoms with Crippen molar-refractivity contribution in [1.82, 2.24) is 5.32 Å². The summed E-state index contributed by atoms with van der Waals surface area (Å²) in [6.45, 7) is 3.28. The van der Waals surface area contributed by atoms with Crippen molar-refractivity contribution in [1.29, 1.82) is 0 Å². The van der Waals surface area contributed by atoms with Crippen molar-refractivity contribution in [2.45, 2.75) is 38.1 Å². The highest BCUT2D eigenvalue weighted by Crippen LogP contribution is 2.40. The molecule has 1 nitrogen and oxygen atoms in total. The van der Waals surface area contributed by atoms with Gasteiger partial charge in [-0.3, -0.25) is 0 Å². The van der Waals surface area contributed by atoms with Crippen molar-refractivity contribution in [3.8, 4) is 0 Å². The predicted molar refractivity (Wildman–Crippen MR) is 70.5 cm³/mol. The van der Waals surface area contributed by atoms with E-state index in [0.717, 1.165) is 11.6 Å². The summed E-state index contributed by atoms with van der Waals surface area (Å²) in [5, 5.41) is 5.09. The molecule has 0 unspecified atom stereocenters. The van der Waals surface area contributed by atoms with E-state index in [2.05, 4.69) is 18.3 Å². The molecule has 0 bridgehead atoms. The van der Waals surface area contributed by atoms with E-state index in [4.69, 9.17) is 23.2 Å². The van der Waals surface area contributed by atoms with Crippen molar-refractivity contribution in [2.24, 2.45) is 0 Å². The van der Waals surface area contributed by atoms with Crippen LogP contribution in [0.4, 0.5) is 0 Å². The van der Waals surface area contributed by atoms with Gasteiger partial charge in [0.05, 0.1) is 0 Å². The largest absolute Gasteiger partial charge is 0.313 e. The van der Waals surface area contributed by atoms with Crippen LogP contribution in [0.25, 0.3) is 0 Å². The maximum atomic E-state index is 6.22. The molecule has 0 heterocycles. The lowest BCUT2D eigenvalue weighted by Crippen LogP contribution is -2.42. The number of nitrogens with one attached hydrogen (secondary N) is 1. The van der Waals surface area contributed by atoms with E-state index < -0.39 is 0 Å². The fraction of sp³-hybridized carbons (Fsp3) is 0.538. The second-order valence-corrected chi connectivity index (χ2v) is 5.25. The minimum Gasteiger partial charge on any atom is -0.313 e. The topological polar surface area (TPSA) is 12.0 Å². The Morgan fingerprint density at radius 2 is 2.12 bits per heavy atom. The zero-order chi connectivity index (χ0) is 11.5. The third kappa shape index (κ3) is 2.53. The summed E-state index contributed by atoms with van der Waals surface area (Å²) >= 11 is 12.1. The Morgan fingerprint density at radius 1 is 1.31 bits per heavy atom. The van der Waals surface area contributed by atoms with Gasteiger partial charge < -0.3 is 5.32 Å². The maximum absolute atomic E-state index is 6.22. The van der Waals surface area contributed by atoms with Crippen LogP contribution in [0.1, 0.15) is 37.7 Å². The quantitative estimate of drug-likeness (QED) is 0.851. The summed E-state index contributed by atoms with van der Waals surface area (Å²) in [5.74, 6) is 0.566. The average Bonchev–Trinajstić information content (AvgIpc) is 2.21. The van der Waals surface area contributed by atoms with Gasteiger partial charge in [-0.2, -0.15) is 0 Å². The lowest BCUT2D eigenvalue weighted by Gasteiger charge is -2.38. The molecule has 1 N–H and O–H groups in total. The first kappa shape index (κ1) is 12.2. The van der Waals surface area contributed by atoms with Crippen molar-refractivity contribution >= 4 is 23.2 Å². The number of halogens is 2. The smallest absolute Gasteiger partial charge is 0.0456 e. The maximum Gasteiger partial charge on any atom is 0.0456 e. The number of hydrogen-bond donors (Lipinski definition) is 1. The monoisotopic (exact) mass is 257 g/mol. The standard InChI is InChI=1S/C13H17Cl2N/c1-2-7-16-13-6-5-11(13)10-4-3-9(14)8-12(10)15/h3-4,8,11,13,16H,2,5-7H2,1H3/t11-,13-/m1/s1. The molecule has 16 heavy (non-hydrogen) atoms. The van der Waals surface area contributed by atoms with Gasteiger partial charge in [-0.1, -0.05) is 36.2 Å². The molecule has 0 amide bonds. The molecule has 1 saturated carbocycles. The predicted octanol–water partition coefficient (Wildman–Crippen LogP) is 4.24. The average molecular weight is 258 g/mol. The Balaban J connectivity index is 2.06. The highest BCUT2D eigenvalue weighted by atomic mass is 35.5. The van der Waals surface area contributed by atoms with E-state index in [0.29, 0.717) is 17.0 Å². The molecule has 1 aliphatic rings. The van der Waals surface area contributed by atoms with E-state index in [1.807, 2.05) is 12.1 Å². The molecule has 3 heteroatoms. The van der Waals surface area contributed by atoms with Crippen LogP contribution in [0.2, 0.25) is 10.0 Å². The van der Waals surface area contributed by atoms with Gasteiger partial charge in [0.1, 0.15) is 0 Å². The van der Waals surface area contributed by atoms with Crippen molar-refractivity contribution < 1.29 is 0 Å². The van der Waals surface area contributed by atoms with Gasteiger partial charge in [0.15, 0.2) is 0 Å². The van der Waals surface area contributed by atoms with Gasteiger partial charge >= 0.3 is 0 Å². The third-order valence-corrected chi connectivity index (χ3v) is 3.86. The molecule has 0 aliphatic heterocycles. The second-order valence-electron chi connectivity index (χ2n) is 4.41. The zero-order valence-corrected chi connectivity index (χ0v) is 11.0. The van der Waals surface area contributed by atoms with E-state index in [-0.39, 0.29) is 0 Å². The summed E-state index contributed by atoms with van der Waals surface area (Å²) in [6.07, 6.45) is 3.66. The van der Waals surface area contributed by atoms with Gasteiger partial charge in [-0.15, -0.1) is 0 Å². The van der Waals surface area contributed by atoms with Crippen LogP contribution < -0.4 is 5.32 Å². The summed E-state index contributed by atoms with van der Waals surface area (Å²) in [5.41, 5.74) is 1.24. The first-order chi connectivity index (χ1) is 7.72. The van der Waals surface area contributed by atoms with Crippen LogP contribution in [-0.4, -0.2) is 12.6 Å². The molecule has 0 radical (unpaired) electrons. The molecule has 0 saturated heterocycles. The van der Waals surface area contributed by atoms with Crippen molar-refractivity contribution in [3.05, 3.63) is 33.8 Å². The van der Waals surface area contributed by atoms with E-state index >= 15 is 0 Å². The first-order valence-corrected chi connectivity index (χ1v) is 6.66. The Bertz CT molecular complexity index is 365. The summed E-state index contributed by atoms with van der Waals surface area (Å²) in [7, 11) is 0. The van der Waals surface area contributed by atoms with Crippen molar-refractivity contribution in [3.63, 3.8) is 0 Å². The van der Waals surface area contributed by atoms with E-state index in [1.54, 1.807) is 0 Å². The SMILES string of the molecule is CCCN[C@@H]1CC[C@@H]1c1ccc(Cl)cc1Cl. The van der Waals surface area contributed by atoms with Crippen LogP contribution in [0.3, 0.4) is 0 Å². The van der Waals surface area contributed by atoms with E-state index in [1.165, 1.54) is 24.8 Å². The minimum absolute atomic E-state index is 0.566. The summed E-state index contributed by atoms with van der Waals surface area (Å²) in [6, 6.07) is 6.43. The Kier molecular flexibility index (Phi) is 4.12. The first-order valence-electron chi connectivity index (χ1n) is 5.90. The van der Waals surface area contributed by atoms with Gasteiger partial charge in [-0.05, 0) is 43.5 Å². The molecule has 1 aromatic carbocycles. The summed E-state index contributed by atoms with van der Waals surface area (Å²) in [4.78, 5) is 0. The van der Waals surface area contributed by atoms with Crippen LogP contribution in [-0.2, 0) is 0 Å². The van der Waals surface area contributed by atoms with Crippen LogP contribution in [0.5, 0.6) is 0 Å². The second kappa shape index (κ2) is 5.39. The van der Waals surface area contributed by atoms with Crippen LogP contribution in [0.15, 0.2) is 18.2 Å². The van der Waals surface area contributed by atoms with E-state index in [9.17, 15) is 0 Å². The molecule has 1 aromatic rings. The molecule has 1 aliphatic carbocycles. The van der Waals surface area contributed by atoms with Crippen LogP contribution >= 0.6 is 23.2 Å². The van der Waals surface area contributed by atoms with Gasteiger partial charge in [0.25, 0.3) is 0 Å². The molecule has 0 spiro atoms. The molecule has 2 atom stereocenters. The third-order valence-electron chi connectivity index (χ3n) is 3.29. The molecule has 1 fully saturated rings. The lowest BCUT2D eigenvalue weighted by atomic mass is 9.75. The minimum atomic E-state index is 0.566. The summed E-state index contributed by atoms with van der Waals surface area (Å²) < 4.78 is 0. The highest BCUT2D eigenvalue weighted by molar-refractivity contribution is 6.35. The fourth-order valence-corrected chi connectivity index (χ4v) is 2.80.